The molecule has 19 heavy (non-hydrogen) atoms. The largest absolute Gasteiger partial charge is 0.415 e. The molecule has 0 aliphatic carbocycles. The topological polar surface area (TPSA) is 94.0 Å². The lowest BCUT2D eigenvalue weighted by Crippen LogP contribution is -2.13. The van der Waals surface area contributed by atoms with Crippen LogP contribution in [-0.4, -0.2) is 21.9 Å². The number of nitrogens with one attached hydrogen (secondary N) is 1. The first-order valence-electron chi connectivity index (χ1n) is 5.38. The van der Waals surface area contributed by atoms with Crippen LogP contribution in [0.1, 0.15) is 5.89 Å². The molecule has 6 nitrogen and oxygen atoms in total. The number of halogens is 1. The molecule has 2 aromatic rings. The van der Waals surface area contributed by atoms with Gasteiger partial charge in [-0.15, -0.1) is 10.2 Å². The molecule has 0 bridgehead atoms. The number of nitrogens with two attached hydrogens (primary N) is 1. The van der Waals surface area contributed by atoms with E-state index in [0.29, 0.717) is 11.6 Å². The number of benzene rings is 1. The van der Waals surface area contributed by atoms with Crippen molar-refractivity contribution in [1.82, 2.24) is 10.2 Å². The quantitative estimate of drug-likeness (QED) is 0.805. The first kappa shape index (κ1) is 13.5. The van der Waals surface area contributed by atoms with E-state index < -0.39 is 0 Å². The molecule has 0 radical (unpaired) electrons. The molecule has 3 N–H and O–H groups in total. The molecule has 2 rings (SSSR count). The van der Waals surface area contributed by atoms with Crippen LogP contribution in [0.5, 0.6) is 0 Å². The number of hydrogen-bond donors (Lipinski definition) is 2. The highest BCUT2D eigenvalue weighted by atomic mass is 32.2. The van der Waals surface area contributed by atoms with E-state index >= 15 is 0 Å². The summed E-state index contributed by atoms with van der Waals surface area (Å²) < 4.78 is 17.8. The third-order valence-electron chi connectivity index (χ3n) is 2.08. The number of aromatic nitrogens is 2. The third kappa shape index (κ3) is 4.04. The predicted octanol–water partition coefficient (Wildman–Crippen LogP) is 1.40. The van der Waals surface area contributed by atoms with Gasteiger partial charge in [-0.2, -0.15) is 0 Å². The van der Waals surface area contributed by atoms with Crippen molar-refractivity contribution in [2.45, 2.75) is 11.8 Å². The molecule has 1 amide bonds. The molecule has 0 unspecified atom stereocenters. The molecule has 100 valence electrons. The second-order valence-electron chi connectivity index (χ2n) is 3.51. The standard InChI is InChI=1S/C11H11FN4O2S/c12-7-1-3-8(4-2-7)14-9(17)6-19-11-16-15-10(5-13)18-11/h1-4H,5-6,13H2,(H,14,17). The van der Waals surface area contributed by atoms with Crippen LogP contribution in [0, 0.1) is 5.82 Å². The minimum Gasteiger partial charge on any atom is -0.415 e. The molecule has 0 fully saturated rings. The van der Waals surface area contributed by atoms with E-state index in [1.165, 1.54) is 24.3 Å². The Hall–Kier alpha value is -1.93. The Morgan fingerprint density at radius 2 is 2.11 bits per heavy atom. The second-order valence-corrected chi connectivity index (χ2v) is 4.44. The van der Waals surface area contributed by atoms with Crippen LogP contribution in [0.4, 0.5) is 10.1 Å². The van der Waals surface area contributed by atoms with E-state index in [-0.39, 0.29) is 29.2 Å². The lowest BCUT2D eigenvalue weighted by atomic mass is 10.3. The van der Waals surface area contributed by atoms with Crippen LogP contribution < -0.4 is 11.1 Å². The number of carbonyl (C=O) groups is 1. The van der Waals surface area contributed by atoms with Crippen molar-refractivity contribution in [2.24, 2.45) is 5.73 Å². The fraction of sp³-hybridized carbons (Fsp3) is 0.182. The Balaban J connectivity index is 1.82. The zero-order chi connectivity index (χ0) is 13.7. The average molecular weight is 282 g/mol. The Kier molecular flexibility index (Phi) is 4.48. The normalized spacial score (nSPS) is 10.4. The van der Waals surface area contributed by atoms with Gasteiger partial charge in [-0.1, -0.05) is 11.8 Å². The fourth-order valence-corrected chi connectivity index (χ4v) is 1.82. The van der Waals surface area contributed by atoms with Gasteiger partial charge in [0.15, 0.2) is 0 Å². The Bertz CT molecular complexity index is 558. The Labute approximate surface area is 112 Å². The number of rotatable bonds is 5. The zero-order valence-corrected chi connectivity index (χ0v) is 10.6. The number of thioether (sulfide) groups is 1. The van der Waals surface area contributed by atoms with Gasteiger partial charge in [-0.05, 0) is 24.3 Å². The van der Waals surface area contributed by atoms with Gasteiger partial charge in [-0.25, -0.2) is 4.39 Å². The van der Waals surface area contributed by atoms with E-state index in [2.05, 4.69) is 15.5 Å². The lowest BCUT2D eigenvalue weighted by Gasteiger charge is -2.03. The second kappa shape index (κ2) is 6.30. The monoisotopic (exact) mass is 282 g/mol. The molecule has 0 saturated heterocycles. The van der Waals surface area contributed by atoms with Crippen LogP contribution >= 0.6 is 11.8 Å². The van der Waals surface area contributed by atoms with Gasteiger partial charge >= 0.3 is 0 Å². The highest BCUT2D eigenvalue weighted by molar-refractivity contribution is 7.99. The molecule has 1 heterocycles. The maximum absolute atomic E-state index is 12.7. The van der Waals surface area contributed by atoms with Crippen molar-refractivity contribution < 1.29 is 13.6 Å². The van der Waals surface area contributed by atoms with Crippen molar-refractivity contribution in [2.75, 3.05) is 11.1 Å². The summed E-state index contributed by atoms with van der Waals surface area (Å²) in [6.45, 7) is 0.162. The summed E-state index contributed by atoms with van der Waals surface area (Å²) in [5.74, 6) is -0.165. The highest BCUT2D eigenvalue weighted by Crippen LogP contribution is 2.16. The number of hydrogen-bond acceptors (Lipinski definition) is 6. The average Bonchev–Trinajstić information content (AvgIpc) is 2.87. The minimum absolute atomic E-state index is 0.115. The predicted molar refractivity (Wildman–Crippen MR) is 67.9 cm³/mol. The third-order valence-corrected chi connectivity index (χ3v) is 2.90. The summed E-state index contributed by atoms with van der Waals surface area (Å²) in [5, 5.41) is 10.3. The van der Waals surface area contributed by atoms with E-state index in [9.17, 15) is 9.18 Å². The number of anilines is 1. The van der Waals surface area contributed by atoms with E-state index in [4.69, 9.17) is 10.2 Å². The first-order valence-corrected chi connectivity index (χ1v) is 6.36. The fourth-order valence-electron chi connectivity index (χ4n) is 1.24. The molecular formula is C11H11FN4O2S. The summed E-state index contributed by atoms with van der Waals surface area (Å²) in [6, 6.07) is 5.51. The first-order chi connectivity index (χ1) is 9.17. The summed E-state index contributed by atoms with van der Waals surface area (Å²) in [7, 11) is 0. The summed E-state index contributed by atoms with van der Waals surface area (Å²) in [6.07, 6.45) is 0. The molecule has 0 aliphatic rings. The maximum Gasteiger partial charge on any atom is 0.277 e. The van der Waals surface area contributed by atoms with Crippen LogP contribution in [0.15, 0.2) is 33.9 Å². The maximum atomic E-state index is 12.7. The smallest absolute Gasteiger partial charge is 0.277 e. The van der Waals surface area contributed by atoms with E-state index in [1.807, 2.05) is 0 Å². The zero-order valence-electron chi connectivity index (χ0n) is 9.80. The summed E-state index contributed by atoms with van der Waals surface area (Å²) in [4.78, 5) is 11.6. The van der Waals surface area contributed by atoms with Crippen molar-refractivity contribution in [3.63, 3.8) is 0 Å². The molecular weight excluding hydrogens is 271 g/mol. The molecule has 0 spiro atoms. The Morgan fingerprint density at radius 3 is 2.74 bits per heavy atom. The molecule has 8 heteroatoms. The van der Waals surface area contributed by atoms with Crippen LogP contribution in [0.2, 0.25) is 0 Å². The van der Waals surface area contributed by atoms with Gasteiger partial charge in [0, 0.05) is 5.69 Å². The van der Waals surface area contributed by atoms with Gasteiger partial charge in [-0.3, -0.25) is 4.79 Å². The molecule has 0 aliphatic heterocycles. The van der Waals surface area contributed by atoms with E-state index in [1.54, 1.807) is 0 Å². The van der Waals surface area contributed by atoms with Gasteiger partial charge < -0.3 is 15.5 Å². The van der Waals surface area contributed by atoms with Gasteiger partial charge in [0.2, 0.25) is 11.8 Å². The van der Waals surface area contributed by atoms with Gasteiger partial charge in [0.1, 0.15) is 5.82 Å². The van der Waals surface area contributed by atoms with Crippen molar-refractivity contribution in [3.05, 3.63) is 36.0 Å². The number of carbonyl (C=O) groups excluding carboxylic acids is 1. The molecule has 0 atom stereocenters. The van der Waals surface area contributed by atoms with Gasteiger partial charge in [0.05, 0.1) is 12.3 Å². The lowest BCUT2D eigenvalue weighted by molar-refractivity contribution is -0.113. The van der Waals surface area contributed by atoms with Gasteiger partial charge in [0.25, 0.3) is 5.22 Å². The number of amides is 1. The number of nitrogens with zero attached hydrogens (tertiary/aromatic N) is 2. The highest BCUT2D eigenvalue weighted by Gasteiger charge is 2.09. The summed E-state index contributed by atoms with van der Waals surface area (Å²) >= 11 is 1.11. The molecule has 1 aromatic carbocycles. The van der Waals surface area contributed by atoms with Crippen molar-refractivity contribution in [1.29, 1.82) is 0 Å². The molecule has 0 saturated carbocycles. The van der Waals surface area contributed by atoms with Crippen LogP contribution in [0.3, 0.4) is 0 Å². The van der Waals surface area contributed by atoms with Crippen LogP contribution in [-0.2, 0) is 11.3 Å². The van der Waals surface area contributed by atoms with Crippen molar-refractivity contribution >= 4 is 23.4 Å². The minimum atomic E-state index is -0.354. The summed E-state index contributed by atoms with van der Waals surface area (Å²) in [5.41, 5.74) is 5.85. The Morgan fingerprint density at radius 1 is 1.37 bits per heavy atom. The molecule has 1 aromatic heterocycles. The SMILES string of the molecule is NCc1nnc(SCC(=O)Nc2ccc(F)cc2)o1. The van der Waals surface area contributed by atoms with Crippen molar-refractivity contribution in [3.8, 4) is 0 Å². The van der Waals surface area contributed by atoms with E-state index in [0.717, 1.165) is 11.8 Å². The van der Waals surface area contributed by atoms with Crippen LogP contribution in [0.25, 0.3) is 0 Å².